The molecule has 3 aliphatic heterocycles. The molecule has 0 saturated carbocycles. The van der Waals surface area contributed by atoms with Gasteiger partial charge in [0.2, 0.25) is 12.7 Å². The number of carbonyl (C=O) groups excluding carboxylic acids is 2. The Bertz CT molecular complexity index is 1170. The largest absolute Gasteiger partial charge is 0.493 e. The fourth-order valence-corrected chi connectivity index (χ4v) is 3.81. The maximum Gasteiger partial charge on any atom is 0.363 e. The van der Waals surface area contributed by atoms with Crippen molar-refractivity contribution in [1.82, 2.24) is 4.90 Å². The zero-order valence-corrected chi connectivity index (χ0v) is 18.0. The number of likely N-dealkylation sites (tertiary alicyclic amines) is 1. The summed E-state index contributed by atoms with van der Waals surface area (Å²) in [5.41, 5.74) is 1.44. The molecule has 9 nitrogen and oxygen atoms in total. The smallest absolute Gasteiger partial charge is 0.363 e. The molecule has 3 aliphatic rings. The van der Waals surface area contributed by atoms with Crippen molar-refractivity contribution in [3.63, 3.8) is 0 Å². The van der Waals surface area contributed by atoms with Gasteiger partial charge in [0, 0.05) is 18.7 Å². The van der Waals surface area contributed by atoms with Crippen LogP contribution in [0.1, 0.15) is 24.0 Å². The number of hydrogen-bond donors (Lipinski definition) is 0. The molecule has 1 fully saturated rings. The van der Waals surface area contributed by atoms with Crippen molar-refractivity contribution in [2.75, 3.05) is 33.6 Å². The molecule has 170 valence electrons. The minimum absolute atomic E-state index is 0.0418. The van der Waals surface area contributed by atoms with Gasteiger partial charge in [0.15, 0.2) is 35.3 Å². The molecular formula is C24H22N2O7. The first-order valence-electron chi connectivity index (χ1n) is 10.6. The van der Waals surface area contributed by atoms with E-state index in [0.29, 0.717) is 34.1 Å². The molecule has 1 amide bonds. The first kappa shape index (κ1) is 20.9. The molecule has 0 aliphatic carbocycles. The van der Waals surface area contributed by atoms with E-state index in [4.69, 9.17) is 23.7 Å². The Kier molecular flexibility index (Phi) is 5.60. The second-order valence-electron chi connectivity index (χ2n) is 7.69. The van der Waals surface area contributed by atoms with Crippen molar-refractivity contribution >= 4 is 23.9 Å². The summed E-state index contributed by atoms with van der Waals surface area (Å²) in [5.74, 6) is 1.70. The number of esters is 1. The van der Waals surface area contributed by atoms with Gasteiger partial charge in [-0.3, -0.25) is 4.79 Å². The summed E-state index contributed by atoms with van der Waals surface area (Å²) in [4.78, 5) is 30.7. The van der Waals surface area contributed by atoms with Crippen LogP contribution in [0.2, 0.25) is 0 Å². The van der Waals surface area contributed by atoms with Gasteiger partial charge in [-0.2, -0.15) is 0 Å². The molecule has 5 rings (SSSR count). The number of carbonyl (C=O) groups is 2. The molecule has 33 heavy (non-hydrogen) atoms. The van der Waals surface area contributed by atoms with E-state index >= 15 is 0 Å². The van der Waals surface area contributed by atoms with Gasteiger partial charge in [-0.1, -0.05) is 6.07 Å². The summed E-state index contributed by atoms with van der Waals surface area (Å²) in [7, 11) is 1.52. The van der Waals surface area contributed by atoms with E-state index < -0.39 is 5.97 Å². The summed E-state index contributed by atoms with van der Waals surface area (Å²) in [5, 5.41) is 0. The van der Waals surface area contributed by atoms with Crippen LogP contribution in [0.3, 0.4) is 0 Å². The van der Waals surface area contributed by atoms with Crippen LogP contribution in [0.25, 0.3) is 6.08 Å². The van der Waals surface area contributed by atoms with E-state index in [-0.39, 0.29) is 30.9 Å². The summed E-state index contributed by atoms with van der Waals surface area (Å²) in [6, 6.07) is 10.4. The third-order valence-electron chi connectivity index (χ3n) is 5.54. The Balaban J connectivity index is 1.32. The van der Waals surface area contributed by atoms with E-state index in [1.165, 1.54) is 7.11 Å². The molecule has 1 saturated heterocycles. The average molecular weight is 450 g/mol. The van der Waals surface area contributed by atoms with Gasteiger partial charge >= 0.3 is 5.97 Å². The van der Waals surface area contributed by atoms with Crippen LogP contribution in [0.15, 0.2) is 47.1 Å². The highest BCUT2D eigenvalue weighted by Gasteiger charge is 2.26. The average Bonchev–Trinajstić information content (AvgIpc) is 3.59. The molecular weight excluding hydrogens is 428 g/mol. The van der Waals surface area contributed by atoms with Crippen LogP contribution in [0, 0.1) is 0 Å². The van der Waals surface area contributed by atoms with E-state index in [1.807, 2.05) is 0 Å². The Hall–Kier alpha value is -4.01. The fraction of sp³-hybridized carbons (Fsp3) is 0.292. The number of nitrogens with zero attached hydrogens (tertiary/aromatic N) is 2. The van der Waals surface area contributed by atoms with E-state index in [0.717, 1.165) is 25.9 Å². The highest BCUT2D eigenvalue weighted by atomic mass is 16.7. The third kappa shape index (κ3) is 4.34. The lowest BCUT2D eigenvalue weighted by Gasteiger charge is -2.16. The monoisotopic (exact) mass is 450 g/mol. The zero-order chi connectivity index (χ0) is 22.8. The zero-order valence-electron chi connectivity index (χ0n) is 18.0. The van der Waals surface area contributed by atoms with Crippen molar-refractivity contribution in [2.45, 2.75) is 12.8 Å². The lowest BCUT2D eigenvalue weighted by molar-refractivity contribution is -0.132. The predicted octanol–water partition coefficient (Wildman–Crippen LogP) is 2.77. The topological polar surface area (TPSA) is 95.9 Å². The number of fused-ring (bicyclic) bond motifs is 1. The molecule has 2 aromatic carbocycles. The lowest BCUT2D eigenvalue weighted by atomic mass is 10.1. The van der Waals surface area contributed by atoms with Crippen LogP contribution >= 0.6 is 0 Å². The summed E-state index contributed by atoms with van der Waals surface area (Å²) < 4.78 is 27.1. The number of hydrogen-bond acceptors (Lipinski definition) is 8. The maximum atomic E-state index is 12.4. The van der Waals surface area contributed by atoms with Crippen LogP contribution in [0.5, 0.6) is 23.0 Å². The minimum Gasteiger partial charge on any atom is -0.493 e. The van der Waals surface area contributed by atoms with Crippen LogP contribution in [-0.4, -0.2) is 56.3 Å². The van der Waals surface area contributed by atoms with Crippen LogP contribution in [-0.2, 0) is 14.3 Å². The molecule has 9 heteroatoms. The lowest BCUT2D eigenvalue weighted by Crippen LogP contribution is -2.32. The van der Waals surface area contributed by atoms with Crippen molar-refractivity contribution in [1.29, 1.82) is 0 Å². The van der Waals surface area contributed by atoms with E-state index in [2.05, 4.69) is 4.99 Å². The van der Waals surface area contributed by atoms with Gasteiger partial charge in [0.25, 0.3) is 5.91 Å². The van der Waals surface area contributed by atoms with Gasteiger partial charge in [-0.05, 0) is 54.8 Å². The number of aliphatic imine (C=N–C) groups is 1. The van der Waals surface area contributed by atoms with Crippen molar-refractivity contribution < 1.29 is 33.3 Å². The van der Waals surface area contributed by atoms with Crippen LogP contribution < -0.4 is 18.9 Å². The van der Waals surface area contributed by atoms with Crippen LogP contribution in [0.4, 0.5) is 0 Å². The molecule has 0 radical (unpaired) electrons. The molecule has 0 aromatic heterocycles. The molecule has 0 unspecified atom stereocenters. The van der Waals surface area contributed by atoms with Crippen molar-refractivity contribution in [3.8, 4) is 23.0 Å². The second-order valence-corrected chi connectivity index (χ2v) is 7.69. The molecule has 0 bridgehead atoms. The Labute approximate surface area is 190 Å². The number of ether oxygens (including phenoxy) is 5. The number of cyclic esters (lactones) is 1. The van der Waals surface area contributed by atoms with Crippen molar-refractivity contribution in [2.24, 2.45) is 4.99 Å². The van der Waals surface area contributed by atoms with Gasteiger partial charge < -0.3 is 28.6 Å². The first-order valence-corrected chi connectivity index (χ1v) is 10.6. The predicted molar refractivity (Wildman–Crippen MR) is 117 cm³/mol. The molecule has 3 heterocycles. The second kappa shape index (κ2) is 8.85. The number of amides is 1. The standard InChI is InChI=1S/C24H22N2O7/c1-29-20-11-15(4-6-18(20)30-13-22(27)26-8-2-3-9-26)10-17-24(28)33-23(25-17)16-5-7-19-21(12-16)32-14-31-19/h4-7,10-12H,2-3,8-9,13-14H2,1H3/b17-10+. The Morgan fingerprint density at radius 1 is 1.09 bits per heavy atom. The molecule has 0 N–H and O–H groups in total. The maximum absolute atomic E-state index is 12.4. The highest BCUT2D eigenvalue weighted by molar-refractivity contribution is 6.13. The number of methoxy groups -OCH3 is 1. The first-order chi connectivity index (χ1) is 16.1. The SMILES string of the molecule is COc1cc(/C=C2/N=C(c3ccc4c(c3)OCO4)OC2=O)ccc1OCC(=O)N1CCCC1. The molecule has 0 spiro atoms. The van der Waals surface area contributed by atoms with Gasteiger partial charge in [0.1, 0.15) is 0 Å². The van der Waals surface area contributed by atoms with Gasteiger partial charge in [-0.25, -0.2) is 9.79 Å². The highest BCUT2D eigenvalue weighted by Crippen LogP contribution is 2.34. The Morgan fingerprint density at radius 3 is 2.73 bits per heavy atom. The van der Waals surface area contributed by atoms with E-state index in [1.54, 1.807) is 47.4 Å². The van der Waals surface area contributed by atoms with Gasteiger partial charge in [-0.15, -0.1) is 0 Å². The quantitative estimate of drug-likeness (QED) is 0.493. The summed E-state index contributed by atoms with van der Waals surface area (Å²) >= 11 is 0. The van der Waals surface area contributed by atoms with Crippen molar-refractivity contribution in [3.05, 3.63) is 53.2 Å². The number of rotatable bonds is 6. The summed E-state index contributed by atoms with van der Waals surface area (Å²) in [6.45, 7) is 1.66. The summed E-state index contributed by atoms with van der Waals surface area (Å²) in [6.07, 6.45) is 3.66. The Morgan fingerprint density at radius 2 is 1.91 bits per heavy atom. The molecule has 2 aromatic rings. The molecule has 0 atom stereocenters. The van der Waals surface area contributed by atoms with Gasteiger partial charge in [0.05, 0.1) is 7.11 Å². The third-order valence-corrected chi connectivity index (χ3v) is 5.54. The number of benzene rings is 2. The van der Waals surface area contributed by atoms with E-state index in [9.17, 15) is 9.59 Å². The fourth-order valence-electron chi connectivity index (χ4n) is 3.81. The minimum atomic E-state index is -0.557. The normalized spacial score (nSPS) is 17.8.